The second-order valence-corrected chi connectivity index (χ2v) is 3.47. The van der Waals surface area contributed by atoms with Gasteiger partial charge in [-0.2, -0.15) is 0 Å². The maximum absolute atomic E-state index is 5.15. The molecule has 1 aromatic heterocycles. The van der Waals surface area contributed by atoms with Gasteiger partial charge < -0.3 is 4.74 Å². The van der Waals surface area contributed by atoms with Crippen LogP contribution in [0, 0.1) is 0 Å². The van der Waals surface area contributed by atoms with Crippen LogP contribution in [0.25, 0.3) is 0 Å². The van der Waals surface area contributed by atoms with Crippen LogP contribution in [0.5, 0.6) is 0 Å². The SMILES string of the molecule is CN(Cc1ccccn1)CC1CO1. The second kappa shape index (κ2) is 3.85. The molecule has 0 spiro atoms. The zero-order valence-electron chi connectivity index (χ0n) is 7.81. The number of ether oxygens (including phenoxy) is 1. The van der Waals surface area contributed by atoms with Crippen LogP contribution < -0.4 is 0 Å². The Hall–Kier alpha value is -0.930. The lowest BCUT2D eigenvalue weighted by Gasteiger charge is -2.13. The summed E-state index contributed by atoms with van der Waals surface area (Å²) in [6.07, 6.45) is 2.30. The number of epoxide rings is 1. The van der Waals surface area contributed by atoms with Gasteiger partial charge in [-0.15, -0.1) is 0 Å². The van der Waals surface area contributed by atoms with Crippen LogP contribution in [-0.4, -0.2) is 36.2 Å². The lowest BCUT2D eigenvalue weighted by molar-refractivity contribution is 0.276. The molecule has 2 heterocycles. The Balaban J connectivity index is 1.82. The summed E-state index contributed by atoms with van der Waals surface area (Å²) in [5.74, 6) is 0. The number of hydrogen-bond acceptors (Lipinski definition) is 3. The summed E-state index contributed by atoms with van der Waals surface area (Å²) in [5.41, 5.74) is 1.12. The minimum atomic E-state index is 0.466. The van der Waals surface area contributed by atoms with Gasteiger partial charge in [-0.25, -0.2) is 0 Å². The molecule has 1 fully saturated rings. The summed E-state index contributed by atoms with van der Waals surface area (Å²) < 4.78 is 5.15. The van der Waals surface area contributed by atoms with E-state index in [4.69, 9.17) is 4.74 Å². The number of rotatable bonds is 4. The van der Waals surface area contributed by atoms with Gasteiger partial charge in [0, 0.05) is 19.3 Å². The Morgan fingerprint density at radius 2 is 2.46 bits per heavy atom. The molecule has 1 aliphatic rings. The Labute approximate surface area is 78.3 Å². The zero-order valence-corrected chi connectivity index (χ0v) is 7.81. The largest absolute Gasteiger partial charge is 0.372 e. The molecule has 0 N–H and O–H groups in total. The van der Waals surface area contributed by atoms with Crippen molar-refractivity contribution in [3.05, 3.63) is 30.1 Å². The maximum atomic E-state index is 5.15. The smallest absolute Gasteiger partial charge is 0.0936 e. The second-order valence-electron chi connectivity index (χ2n) is 3.47. The van der Waals surface area contributed by atoms with E-state index in [1.807, 2.05) is 24.4 Å². The van der Waals surface area contributed by atoms with Gasteiger partial charge in [0.05, 0.1) is 18.4 Å². The highest BCUT2D eigenvalue weighted by molar-refractivity contribution is 5.03. The van der Waals surface area contributed by atoms with E-state index in [9.17, 15) is 0 Å². The molecule has 1 atom stereocenters. The van der Waals surface area contributed by atoms with E-state index < -0.39 is 0 Å². The standard InChI is InChI=1S/C10H14N2O/c1-12(7-10-8-13-10)6-9-4-2-3-5-11-9/h2-5,10H,6-8H2,1H3. The average molecular weight is 178 g/mol. The van der Waals surface area contributed by atoms with E-state index in [-0.39, 0.29) is 0 Å². The van der Waals surface area contributed by atoms with Gasteiger partial charge in [0.25, 0.3) is 0 Å². The number of likely N-dealkylation sites (N-methyl/N-ethyl adjacent to an activating group) is 1. The van der Waals surface area contributed by atoms with Crippen LogP contribution in [0.4, 0.5) is 0 Å². The van der Waals surface area contributed by atoms with Crippen LogP contribution >= 0.6 is 0 Å². The first-order valence-electron chi connectivity index (χ1n) is 4.54. The molecular formula is C10H14N2O. The van der Waals surface area contributed by atoms with Gasteiger partial charge in [-0.1, -0.05) is 6.07 Å². The third-order valence-corrected chi connectivity index (χ3v) is 2.08. The molecule has 3 nitrogen and oxygen atoms in total. The quantitative estimate of drug-likeness (QED) is 0.642. The first kappa shape index (κ1) is 8.66. The monoisotopic (exact) mass is 178 g/mol. The lowest BCUT2D eigenvalue weighted by Crippen LogP contribution is -2.23. The van der Waals surface area contributed by atoms with Crippen molar-refractivity contribution in [1.82, 2.24) is 9.88 Å². The van der Waals surface area contributed by atoms with Crippen molar-refractivity contribution in [2.24, 2.45) is 0 Å². The van der Waals surface area contributed by atoms with Crippen molar-refractivity contribution in [1.29, 1.82) is 0 Å². The molecule has 1 unspecified atom stereocenters. The number of aromatic nitrogens is 1. The van der Waals surface area contributed by atoms with Gasteiger partial charge in [-0.05, 0) is 19.2 Å². The third-order valence-electron chi connectivity index (χ3n) is 2.08. The molecule has 13 heavy (non-hydrogen) atoms. The molecular weight excluding hydrogens is 164 g/mol. The molecule has 3 heteroatoms. The topological polar surface area (TPSA) is 28.7 Å². The van der Waals surface area contributed by atoms with E-state index in [1.54, 1.807) is 0 Å². The molecule has 0 radical (unpaired) electrons. The average Bonchev–Trinajstić information content (AvgIpc) is 2.90. The summed E-state index contributed by atoms with van der Waals surface area (Å²) in [7, 11) is 2.09. The molecule has 0 bridgehead atoms. The molecule has 1 aromatic rings. The van der Waals surface area contributed by atoms with Gasteiger partial charge in [0.2, 0.25) is 0 Å². The molecule has 1 aliphatic heterocycles. The molecule has 0 aromatic carbocycles. The fourth-order valence-electron chi connectivity index (χ4n) is 1.35. The van der Waals surface area contributed by atoms with E-state index in [0.29, 0.717) is 6.10 Å². The van der Waals surface area contributed by atoms with Crippen molar-refractivity contribution in [2.75, 3.05) is 20.2 Å². The fourth-order valence-corrected chi connectivity index (χ4v) is 1.35. The Morgan fingerprint density at radius 3 is 3.08 bits per heavy atom. The highest BCUT2D eigenvalue weighted by Gasteiger charge is 2.23. The molecule has 1 saturated heterocycles. The summed E-state index contributed by atoms with van der Waals surface area (Å²) in [6, 6.07) is 6.00. The molecule has 70 valence electrons. The summed E-state index contributed by atoms with van der Waals surface area (Å²) >= 11 is 0. The van der Waals surface area contributed by atoms with Crippen molar-refractivity contribution >= 4 is 0 Å². The Bertz CT molecular complexity index is 259. The van der Waals surface area contributed by atoms with E-state index >= 15 is 0 Å². The van der Waals surface area contributed by atoms with Crippen LogP contribution in [0.15, 0.2) is 24.4 Å². The van der Waals surface area contributed by atoms with Crippen molar-refractivity contribution in [3.8, 4) is 0 Å². The minimum absolute atomic E-state index is 0.466. The predicted molar refractivity (Wildman–Crippen MR) is 50.3 cm³/mol. The third kappa shape index (κ3) is 2.79. The van der Waals surface area contributed by atoms with Crippen LogP contribution in [0.3, 0.4) is 0 Å². The predicted octanol–water partition coefficient (Wildman–Crippen LogP) is 0.912. The fraction of sp³-hybridized carbons (Fsp3) is 0.500. The van der Waals surface area contributed by atoms with Gasteiger partial charge in [0.1, 0.15) is 0 Å². The van der Waals surface area contributed by atoms with E-state index in [1.165, 1.54) is 0 Å². The summed E-state index contributed by atoms with van der Waals surface area (Å²) in [5, 5.41) is 0. The van der Waals surface area contributed by atoms with Crippen molar-refractivity contribution in [3.63, 3.8) is 0 Å². The summed E-state index contributed by atoms with van der Waals surface area (Å²) in [4.78, 5) is 6.50. The minimum Gasteiger partial charge on any atom is -0.372 e. The van der Waals surface area contributed by atoms with E-state index in [2.05, 4.69) is 16.9 Å². The Kier molecular flexibility index (Phi) is 2.57. The van der Waals surface area contributed by atoms with Crippen LogP contribution in [0.2, 0.25) is 0 Å². The van der Waals surface area contributed by atoms with Crippen LogP contribution in [-0.2, 0) is 11.3 Å². The molecule has 0 aliphatic carbocycles. The number of hydrogen-bond donors (Lipinski definition) is 0. The van der Waals surface area contributed by atoms with Gasteiger partial charge >= 0.3 is 0 Å². The zero-order chi connectivity index (χ0) is 9.10. The van der Waals surface area contributed by atoms with Gasteiger partial charge in [0.15, 0.2) is 0 Å². The maximum Gasteiger partial charge on any atom is 0.0936 e. The van der Waals surface area contributed by atoms with Crippen molar-refractivity contribution < 1.29 is 4.74 Å². The Morgan fingerprint density at radius 1 is 1.62 bits per heavy atom. The van der Waals surface area contributed by atoms with E-state index in [0.717, 1.165) is 25.4 Å². The highest BCUT2D eigenvalue weighted by Crippen LogP contribution is 2.10. The first-order valence-corrected chi connectivity index (χ1v) is 4.54. The lowest BCUT2D eigenvalue weighted by atomic mass is 10.3. The first-order chi connectivity index (χ1) is 6.34. The van der Waals surface area contributed by atoms with Crippen molar-refractivity contribution in [2.45, 2.75) is 12.6 Å². The number of nitrogens with zero attached hydrogens (tertiary/aromatic N) is 2. The number of pyridine rings is 1. The molecule has 2 rings (SSSR count). The van der Waals surface area contributed by atoms with Gasteiger partial charge in [-0.3, -0.25) is 9.88 Å². The molecule has 0 amide bonds. The highest BCUT2D eigenvalue weighted by atomic mass is 16.6. The van der Waals surface area contributed by atoms with Crippen LogP contribution in [0.1, 0.15) is 5.69 Å². The normalized spacial score (nSPS) is 20.6. The summed E-state index contributed by atoms with van der Waals surface area (Å²) in [6.45, 7) is 2.84. The molecule has 0 saturated carbocycles.